The minimum absolute atomic E-state index is 0.0573. The Morgan fingerprint density at radius 2 is 2.27 bits per heavy atom. The van der Waals surface area contributed by atoms with Crippen molar-refractivity contribution in [2.24, 2.45) is 0 Å². The molecule has 0 fully saturated rings. The van der Waals surface area contributed by atoms with Crippen LogP contribution in [0, 0.1) is 13.8 Å². The van der Waals surface area contributed by atoms with E-state index in [1.807, 2.05) is 13.8 Å². The van der Waals surface area contributed by atoms with Crippen LogP contribution in [0.15, 0.2) is 0 Å². The van der Waals surface area contributed by atoms with Crippen molar-refractivity contribution in [1.82, 2.24) is 14.9 Å². The van der Waals surface area contributed by atoms with Gasteiger partial charge in [0.1, 0.15) is 5.82 Å². The monoisotopic (exact) mass is 151 g/mol. The second-order valence-corrected chi connectivity index (χ2v) is 2.69. The van der Waals surface area contributed by atoms with Crippen LogP contribution in [0.4, 0.5) is 4.79 Å². The highest BCUT2D eigenvalue weighted by molar-refractivity contribution is 5.80. The largest absolute Gasteiger partial charge is 0.332 e. The van der Waals surface area contributed by atoms with Gasteiger partial charge in [0.05, 0.1) is 17.9 Å². The highest BCUT2D eigenvalue weighted by atomic mass is 16.2. The Morgan fingerprint density at radius 3 is 2.91 bits per heavy atom. The standard InChI is InChI=1S/C7H9N3O/c1-4-6-3-8-7(11)10(6)5(2)9-4/h3H2,1-2H3,(H,8,11). The summed E-state index contributed by atoms with van der Waals surface area (Å²) in [5.74, 6) is 0.771. The molecule has 4 nitrogen and oxygen atoms in total. The summed E-state index contributed by atoms with van der Waals surface area (Å²) in [4.78, 5) is 15.3. The molecule has 2 heterocycles. The smallest absolute Gasteiger partial charge is 0.327 e. The van der Waals surface area contributed by atoms with Crippen molar-refractivity contribution in [3.63, 3.8) is 0 Å². The molecule has 0 spiro atoms. The third-order valence-electron chi connectivity index (χ3n) is 1.95. The van der Waals surface area contributed by atoms with Crippen molar-refractivity contribution < 1.29 is 4.79 Å². The number of hydrogen-bond donors (Lipinski definition) is 1. The molecule has 0 aromatic carbocycles. The Hall–Kier alpha value is -1.32. The number of carbonyl (C=O) groups is 1. The van der Waals surface area contributed by atoms with E-state index in [9.17, 15) is 4.79 Å². The number of hydrogen-bond acceptors (Lipinski definition) is 2. The molecular weight excluding hydrogens is 142 g/mol. The summed E-state index contributed by atoms with van der Waals surface area (Å²) < 4.78 is 1.62. The molecule has 0 atom stereocenters. The van der Waals surface area contributed by atoms with Gasteiger partial charge in [-0.05, 0) is 13.8 Å². The van der Waals surface area contributed by atoms with E-state index in [0.29, 0.717) is 6.54 Å². The van der Waals surface area contributed by atoms with Crippen LogP contribution in [0.5, 0.6) is 0 Å². The Balaban J connectivity index is 2.69. The Bertz CT molecular complexity index is 327. The molecule has 1 N–H and O–H groups in total. The number of carbonyl (C=O) groups excluding carboxylic acids is 1. The first-order chi connectivity index (χ1) is 5.20. The molecule has 1 aromatic rings. The molecule has 0 radical (unpaired) electrons. The number of rotatable bonds is 0. The minimum Gasteiger partial charge on any atom is -0.332 e. The van der Waals surface area contributed by atoms with E-state index < -0.39 is 0 Å². The maximum Gasteiger partial charge on any atom is 0.327 e. The van der Waals surface area contributed by atoms with Gasteiger partial charge >= 0.3 is 6.03 Å². The summed E-state index contributed by atoms with van der Waals surface area (Å²) in [7, 11) is 0. The fourth-order valence-electron chi connectivity index (χ4n) is 1.43. The first kappa shape index (κ1) is 6.39. The van der Waals surface area contributed by atoms with Crippen LogP contribution in [0.1, 0.15) is 17.2 Å². The number of nitrogens with one attached hydrogen (secondary N) is 1. The molecule has 0 saturated heterocycles. The van der Waals surface area contributed by atoms with Crippen LogP contribution in [-0.2, 0) is 6.54 Å². The van der Waals surface area contributed by atoms with E-state index in [0.717, 1.165) is 17.2 Å². The molecule has 11 heavy (non-hydrogen) atoms. The van der Waals surface area contributed by atoms with E-state index in [4.69, 9.17) is 0 Å². The SMILES string of the molecule is Cc1nc(C)n2c1CNC2=O. The summed E-state index contributed by atoms with van der Waals surface area (Å²) in [6, 6.07) is -0.0573. The Morgan fingerprint density at radius 1 is 1.55 bits per heavy atom. The molecule has 1 amide bonds. The third kappa shape index (κ3) is 0.691. The molecule has 0 bridgehead atoms. The first-order valence-corrected chi connectivity index (χ1v) is 3.53. The molecule has 0 unspecified atom stereocenters. The molecule has 2 rings (SSSR count). The van der Waals surface area contributed by atoms with Crippen molar-refractivity contribution in [1.29, 1.82) is 0 Å². The van der Waals surface area contributed by atoms with Gasteiger partial charge in [0.25, 0.3) is 0 Å². The summed E-state index contributed by atoms with van der Waals surface area (Å²) in [5.41, 5.74) is 1.94. The van der Waals surface area contributed by atoms with E-state index in [-0.39, 0.29) is 6.03 Å². The normalized spacial score (nSPS) is 14.9. The first-order valence-electron chi connectivity index (χ1n) is 3.53. The second kappa shape index (κ2) is 1.84. The Kier molecular flexibility index (Phi) is 1.07. The average Bonchev–Trinajstić information content (AvgIpc) is 2.41. The van der Waals surface area contributed by atoms with Crippen LogP contribution in [0.3, 0.4) is 0 Å². The van der Waals surface area contributed by atoms with E-state index >= 15 is 0 Å². The summed E-state index contributed by atoms with van der Waals surface area (Å²) in [5, 5.41) is 2.73. The third-order valence-corrected chi connectivity index (χ3v) is 1.95. The lowest BCUT2D eigenvalue weighted by Gasteiger charge is -1.93. The molecule has 1 aliphatic rings. The maximum absolute atomic E-state index is 11.1. The van der Waals surface area contributed by atoms with Gasteiger partial charge in [0.15, 0.2) is 0 Å². The van der Waals surface area contributed by atoms with Gasteiger partial charge < -0.3 is 5.32 Å². The zero-order chi connectivity index (χ0) is 8.01. The van der Waals surface area contributed by atoms with E-state index in [2.05, 4.69) is 10.3 Å². The molecule has 1 aromatic heterocycles. The number of nitrogens with zero attached hydrogens (tertiary/aromatic N) is 2. The van der Waals surface area contributed by atoms with Crippen LogP contribution in [-0.4, -0.2) is 15.6 Å². The van der Waals surface area contributed by atoms with E-state index in [1.165, 1.54) is 0 Å². The maximum atomic E-state index is 11.1. The van der Waals surface area contributed by atoms with Crippen LogP contribution < -0.4 is 5.32 Å². The quantitative estimate of drug-likeness (QED) is 0.589. The highest BCUT2D eigenvalue weighted by Gasteiger charge is 2.22. The van der Waals surface area contributed by atoms with Gasteiger partial charge in [0.2, 0.25) is 0 Å². The molecule has 1 aliphatic heterocycles. The fourth-order valence-corrected chi connectivity index (χ4v) is 1.43. The lowest BCUT2D eigenvalue weighted by molar-refractivity contribution is 0.246. The van der Waals surface area contributed by atoms with Crippen LogP contribution in [0.25, 0.3) is 0 Å². The Labute approximate surface area is 64.2 Å². The molecule has 58 valence electrons. The lowest BCUT2D eigenvalue weighted by atomic mass is 10.3. The minimum atomic E-state index is -0.0573. The van der Waals surface area contributed by atoms with Crippen molar-refractivity contribution in [3.05, 3.63) is 17.2 Å². The van der Waals surface area contributed by atoms with Crippen molar-refractivity contribution >= 4 is 6.03 Å². The van der Waals surface area contributed by atoms with Crippen molar-refractivity contribution in [2.45, 2.75) is 20.4 Å². The second-order valence-electron chi connectivity index (χ2n) is 2.69. The number of aryl methyl sites for hydroxylation is 2. The predicted molar refractivity (Wildman–Crippen MR) is 39.3 cm³/mol. The highest BCUT2D eigenvalue weighted by Crippen LogP contribution is 2.14. The zero-order valence-corrected chi connectivity index (χ0v) is 6.51. The van der Waals surface area contributed by atoms with Gasteiger partial charge in [0, 0.05) is 0 Å². The van der Waals surface area contributed by atoms with Crippen molar-refractivity contribution in [2.75, 3.05) is 0 Å². The fraction of sp³-hybridized carbons (Fsp3) is 0.429. The topological polar surface area (TPSA) is 46.9 Å². The predicted octanol–water partition coefficient (Wildman–Crippen LogP) is 0.571. The molecule has 0 aliphatic carbocycles. The van der Waals surface area contributed by atoms with Crippen molar-refractivity contribution in [3.8, 4) is 0 Å². The van der Waals surface area contributed by atoms with Gasteiger partial charge in [-0.2, -0.15) is 0 Å². The zero-order valence-electron chi connectivity index (χ0n) is 6.51. The van der Waals surface area contributed by atoms with Gasteiger partial charge in [-0.15, -0.1) is 0 Å². The number of amides is 1. The van der Waals surface area contributed by atoms with Crippen LogP contribution >= 0.6 is 0 Å². The average molecular weight is 151 g/mol. The summed E-state index contributed by atoms with van der Waals surface area (Å²) in [6.07, 6.45) is 0. The van der Waals surface area contributed by atoms with Crippen LogP contribution in [0.2, 0.25) is 0 Å². The van der Waals surface area contributed by atoms with Gasteiger partial charge in [-0.1, -0.05) is 0 Å². The molecular formula is C7H9N3O. The van der Waals surface area contributed by atoms with Gasteiger partial charge in [-0.3, -0.25) is 4.57 Å². The lowest BCUT2D eigenvalue weighted by Crippen LogP contribution is -2.18. The molecule has 0 saturated carbocycles. The van der Waals surface area contributed by atoms with Gasteiger partial charge in [-0.25, -0.2) is 9.78 Å². The summed E-state index contributed by atoms with van der Waals surface area (Å²) >= 11 is 0. The number of fused-ring (bicyclic) bond motifs is 1. The number of imidazole rings is 1. The number of aromatic nitrogens is 2. The van der Waals surface area contributed by atoms with E-state index in [1.54, 1.807) is 4.57 Å². The molecule has 4 heteroatoms. The summed E-state index contributed by atoms with van der Waals surface area (Å²) in [6.45, 7) is 4.37.